The molecule has 0 spiro atoms. The Morgan fingerprint density at radius 1 is 1.22 bits per heavy atom. The van der Waals surface area contributed by atoms with Crippen LogP contribution >= 0.6 is 0 Å². The van der Waals surface area contributed by atoms with E-state index in [1.54, 1.807) is 13.8 Å². The number of ether oxygens (including phenoxy) is 2. The van der Waals surface area contributed by atoms with Crippen LogP contribution in [-0.4, -0.2) is 59.6 Å². The van der Waals surface area contributed by atoms with Crippen molar-refractivity contribution in [2.45, 2.75) is 25.7 Å². The van der Waals surface area contributed by atoms with Crippen LogP contribution in [0.2, 0.25) is 0 Å². The summed E-state index contributed by atoms with van der Waals surface area (Å²) in [5.41, 5.74) is 0. The van der Waals surface area contributed by atoms with Gasteiger partial charge in [0, 0.05) is 12.8 Å². The van der Waals surface area contributed by atoms with Crippen LogP contribution in [0.4, 0.5) is 0 Å². The Morgan fingerprint density at radius 3 is 2.28 bits per heavy atom. The fourth-order valence-corrected chi connectivity index (χ4v) is 4.09. The molecule has 7 nitrogen and oxygen atoms in total. The number of sulfone groups is 1. The van der Waals surface area contributed by atoms with E-state index in [4.69, 9.17) is 9.47 Å². The molecule has 0 aromatic heterocycles. The number of hydrogen-bond donors (Lipinski definition) is 1. The van der Waals surface area contributed by atoms with Gasteiger partial charge in [0.1, 0.15) is 9.84 Å². The minimum atomic E-state index is -3.60. The summed E-state index contributed by atoms with van der Waals surface area (Å²) in [5, 5.41) is 0. The Hall–Kier alpha value is -0.220. The maximum atomic E-state index is 11.5. The van der Waals surface area contributed by atoms with Crippen LogP contribution in [0.15, 0.2) is 0 Å². The van der Waals surface area contributed by atoms with Crippen LogP contribution in [0.5, 0.6) is 0 Å². The first-order valence-corrected chi connectivity index (χ1v) is 9.17. The first-order valence-electron chi connectivity index (χ1n) is 5.46. The fourth-order valence-electron chi connectivity index (χ4n) is 1.42. The largest absolute Gasteiger partial charge is 0.348 e. The molecule has 0 aliphatic carbocycles. The standard InChI is InChI=1S/C9H19NO6S2/c1-9(2)15-7-8(16-9)6-10-18(13,14)5-4-17(3,11)12/h8,10H,4-7H2,1-3H3. The fraction of sp³-hybridized carbons (Fsp3) is 1.00. The van der Waals surface area contributed by atoms with Crippen LogP contribution in [0.1, 0.15) is 13.8 Å². The highest BCUT2D eigenvalue weighted by atomic mass is 32.2. The molecule has 1 fully saturated rings. The zero-order valence-electron chi connectivity index (χ0n) is 10.7. The summed E-state index contributed by atoms with van der Waals surface area (Å²) in [6.45, 7) is 3.87. The summed E-state index contributed by atoms with van der Waals surface area (Å²) in [6, 6.07) is 0. The molecule has 1 atom stereocenters. The molecule has 1 saturated heterocycles. The van der Waals surface area contributed by atoms with Crippen LogP contribution < -0.4 is 4.72 Å². The third-order valence-corrected chi connectivity index (χ3v) is 4.87. The van der Waals surface area contributed by atoms with E-state index in [1.807, 2.05) is 0 Å². The van der Waals surface area contributed by atoms with Crippen molar-refractivity contribution in [3.05, 3.63) is 0 Å². The molecule has 0 aromatic rings. The lowest BCUT2D eigenvalue weighted by atomic mass is 10.4. The van der Waals surface area contributed by atoms with Gasteiger partial charge in [-0.1, -0.05) is 0 Å². The molecule has 1 N–H and O–H groups in total. The van der Waals surface area contributed by atoms with Gasteiger partial charge < -0.3 is 9.47 Å². The van der Waals surface area contributed by atoms with Crippen molar-refractivity contribution in [1.29, 1.82) is 0 Å². The molecule has 1 aliphatic heterocycles. The van der Waals surface area contributed by atoms with E-state index in [2.05, 4.69) is 4.72 Å². The summed E-state index contributed by atoms with van der Waals surface area (Å²) in [5.74, 6) is -1.54. The van der Waals surface area contributed by atoms with Gasteiger partial charge in [-0.05, 0) is 13.8 Å². The summed E-state index contributed by atoms with van der Waals surface area (Å²) in [4.78, 5) is 0. The van der Waals surface area contributed by atoms with E-state index in [0.29, 0.717) is 6.61 Å². The third kappa shape index (κ3) is 6.10. The second-order valence-corrected chi connectivity index (χ2v) is 8.93. The highest BCUT2D eigenvalue weighted by Gasteiger charge is 2.33. The minimum absolute atomic E-state index is 0.0789. The van der Waals surface area contributed by atoms with Gasteiger partial charge in [-0.15, -0.1) is 0 Å². The first kappa shape index (κ1) is 15.8. The predicted octanol–water partition coefficient (Wildman–Crippen LogP) is -0.898. The minimum Gasteiger partial charge on any atom is -0.348 e. The smallest absolute Gasteiger partial charge is 0.212 e. The lowest BCUT2D eigenvalue weighted by Gasteiger charge is -2.17. The molecule has 1 rings (SSSR count). The lowest BCUT2D eigenvalue weighted by Crippen LogP contribution is -2.37. The van der Waals surface area contributed by atoms with E-state index in [9.17, 15) is 16.8 Å². The molecule has 108 valence electrons. The zero-order chi connectivity index (χ0) is 14.0. The van der Waals surface area contributed by atoms with Crippen molar-refractivity contribution in [2.24, 2.45) is 0 Å². The van der Waals surface area contributed by atoms with Gasteiger partial charge in [0.05, 0.1) is 24.2 Å². The van der Waals surface area contributed by atoms with Gasteiger partial charge in [0.25, 0.3) is 0 Å². The summed E-state index contributed by atoms with van der Waals surface area (Å²) < 4.78 is 57.8. The normalized spacial score (nSPS) is 24.3. The molecule has 0 bridgehead atoms. The molecule has 0 saturated carbocycles. The van der Waals surface area contributed by atoms with Gasteiger partial charge in [0.15, 0.2) is 5.79 Å². The quantitative estimate of drug-likeness (QED) is 0.683. The molecular weight excluding hydrogens is 282 g/mol. The maximum Gasteiger partial charge on any atom is 0.212 e. The molecule has 0 amide bonds. The average molecular weight is 301 g/mol. The molecule has 18 heavy (non-hydrogen) atoms. The molecule has 0 radical (unpaired) electrons. The van der Waals surface area contributed by atoms with Crippen LogP contribution in [0, 0.1) is 0 Å². The molecular formula is C9H19NO6S2. The molecule has 1 aliphatic rings. The highest BCUT2D eigenvalue weighted by Crippen LogP contribution is 2.21. The first-order chi connectivity index (χ1) is 7.99. The maximum absolute atomic E-state index is 11.5. The van der Waals surface area contributed by atoms with Crippen molar-refractivity contribution in [3.8, 4) is 0 Å². The second-order valence-electron chi connectivity index (χ2n) is 4.75. The molecule has 1 heterocycles. The van der Waals surface area contributed by atoms with Crippen molar-refractivity contribution in [2.75, 3.05) is 30.9 Å². The zero-order valence-corrected chi connectivity index (χ0v) is 12.3. The Balaban J connectivity index is 2.39. The van der Waals surface area contributed by atoms with E-state index in [0.717, 1.165) is 6.26 Å². The van der Waals surface area contributed by atoms with E-state index in [-0.39, 0.29) is 12.6 Å². The van der Waals surface area contributed by atoms with Crippen molar-refractivity contribution < 1.29 is 26.3 Å². The summed E-state index contributed by atoms with van der Waals surface area (Å²) in [7, 11) is -6.89. The van der Waals surface area contributed by atoms with E-state index >= 15 is 0 Å². The predicted molar refractivity (Wildman–Crippen MR) is 66.4 cm³/mol. The van der Waals surface area contributed by atoms with E-state index in [1.165, 1.54) is 0 Å². The third-order valence-electron chi connectivity index (χ3n) is 2.32. The second kappa shape index (κ2) is 5.41. The van der Waals surface area contributed by atoms with Crippen molar-refractivity contribution >= 4 is 19.9 Å². The number of sulfonamides is 1. The van der Waals surface area contributed by atoms with Crippen LogP contribution in [-0.2, 0) is 29.3 Å². The number of nitrogens with one attached hydrogen (secondary N) is 1. The molecule has 0 aromatic carbocycles. The average Bonchev–Trinajstić information content (AvgIpc) is 2.52. The molecule has 9 heteroatoms. The van der Waals surface area contributed by atoms with Gasteiger partial charge in [-0.2, -0.15) is 0 Å². The van der Waals surface area contributed by atoms with Gasteiger partial charge in [-0.3, -0.25) is 0 Å². The van der Waals surface area contributed by atoms with Crippen LogP contribution in [0.3, 0.4) is 0 Å². The topological polar surface area (TPSA) is 98.8 Å². The van der Waals surface area contributed by atoms with Gasteiger partial charge >= 0.3 is 0 Å². The van der Waals surface area contributed by atoms with Crippen molar-refractivity contribution in [3.63, 3.8) is 0 Å². The van der Waals surface area contributed by atoms with Crippen LogP contribution in [0.25, 0.3) is 0 Å². The SMILES string of the molecule is CC1(C)OCC(CNS(=O)(=O)CCS(C)(=O)=O)O1. The highest BCUT2D eigenvalue weighted by molar-refractivity contribution is 7.93. The number of rotatable bonds is 6. The summed E-state index contributed by atoms with van der Waals surface area (Å²) >= 11 is 0. The van der Waals surface area contributed by atoms with Gasteiger partial charge in [-0.25, -0.2) is 21.6 Å². The molecule has 1 unspecified atom stereocenters. The monoisotopic (exact) mass is 301 g/mol. The van der Waals surface area contributed by atoms with E-state index < -0.39 is 37.2 Å². The Morgan fingerprint density at radius 2 is 1.83 bits per heavy atom. The Bertz CT molecular complexity index is 481. The van der Waals surface area contributed by atoms with Gasteiger partial charge in [0.2, 0.25) is 10.0 Å². The number of hydrogen-bond acceptors (Lipinski definition) is 6. The Kier molecular flexibility index (Phi) is 4.76. The Labute approximate surface area is 108 Å². The summed E-state index contributed by atoms with van der Waals surface area (Å²) in [6.07, 6.45) is 0.645. The lowest BCUT2D eigenvalue weighted by molar-refractivity contribution is -0.137. The van der Waals surface area contributed by atoms with Crippen molar-refractivity contribution in [1.82, 2.24) is 4.72 Å².